The van der Waals surface area contributed by atoms with Crippen LogP contribution in [0.3, 0.4) is 0 Å². The fourth-order valence-corrected chi connectivity index (χ4v) is 2.95. The molecule has 3 heteroatoms. The molecule has 1 aromatic carbocycles. The first-order valence-electron chi connectivity index (χ1n) is 6.81. The van der Waals surface area contributed by atoms with Crippen molar-refractivity contribution in [2.45, 2.75) is 34.1 Å². The third-order valence-electron chi connectivity index (χ3n) is 4.90. The van der Waals surface area contributed by atoms with E-state index >= 15 is 0 Å². The van der Waals surface area contributed by atoms with Crippen LogP contribution in [0, 0.1) is 16.7 Å². The molecule has 0 spiro atoms. The summed E-state index contributed by atoms with van der Waals surface area (Å²) in [5.41, 5.74) is 2.03. The van der Waals surface area contributed by atoms with Crippen LogP contribution in [0.15, 0.2) is 24.3 Å². The van der Waals surface area contributed by atoms with Crippen LogP contribution in [0.25, 0.3) is 0 Å². The van der Waals surface area contributed by atoms with Crippen molar-refractivity contribution in [3.8, 4) is 0 Å². The molecule has 0 aromatic heterocycles. The van der Waals surface area contributed by atoms with Crippen molar-refractivity contribution >= 4 is 11.6 Å². The van der Waals surface area contributed by atoms with E-state index in [2.05, 4.69) is 33.0 Å². The number of rotatable bonds is 4. The molecule has 2 rings (SSSR count). The van der Waals surface area contributed by atoms with Gasteiger partial charge in [0.2, 0.25) is 5.91 Å². The zero-order valence-electron chi connectivity index (χ0n) is 12.2. The van der Waals surface area contributed by atoms with E-state index < -0.39 is 0 Å². The van der Waals surface area contributed by atoms with E-state index in [4.69, 9.17) is 5.11 Å². The maximum Gasteiger partial charge on any atom is 0.228 e. The first-order valence-corrected chi connectivity index (χ1v) is 6.81. The highest BCUT2D eigenvalue weighted by Crippen LogP contribution is 2.68. The Kier molecular flexibility index (Phi) is 3.43. The van der Waals surface area contributed by atoms with Crippen LogP contribution in [0.2, 0.25) is 0 Å². The Morgan fingerprint density at radius 2 is 1.68 bits per heavy atom. The molecule has 1 amide bonds. The number of amides is 1. The van der Waals surface area contributed by atoms with Crippen molar-refractivity contribution in [2.75, 3.05) is 11.9 Å². The Hall–Kier alpha value is -1.35. The lowest BCUT2D eigenvalue weighted by atomic mass is 10.0. The van der Waals surface area contributed by atoms with Crippen LogP contribution in [0.5, 0.6) is 0 Å². The zero-order valence-corrected chi connectivity index (χ0v) is 12.2. The SMILES string of the molecule is CC1(C)C(C(=O)Nc2ccc(CCO)cc2)C1(C)C. The van der Waals surface area contributed by atoms with Gasteiger partial charge in [-0.1, -0.05) is 39.8 Å². The predicted molar refractivity (Wildman–Crippen MR) is 76.9 cm³/mol. The minimum atomic E-state index is 0.0634. The highest BCUT2D eigenvalue weighted by Gasteiger charge is 2.68. The predicted octanol–water partition coefficient (Wildman–Crippen LogP) is 2.84. The maximum absolute atomic E-state index is 12.3. The number of carbonyl (C=O) groups is 1. The number of benzene rings is 1. The maximum atomic E-state index is 12.3. The molecule has 0 atom stereocenters. The van der Waals surface area contributed by atoms with E-state index in [0.29, 0.717) is 6.42 Å². The minimum Gasteiger partial charge on any atom is -0.396 e. The van der Waals surface area contributed by atoms with E-state index in [-0.39, 0.29) is 29.3 Å². The topological polar surface area (TPSA) is 49.3 Å². The number of aliphatic hydroxyl groups excluding tert-OH is 1. The van der Waals surface area contributed by atoms with Gasteiger partial charge in [0.1, 0.15) is 0 Å². The Morgan fingerprint density at radius 3 is 2.11 bits per heavy atom. The standard InChI is InChI=1S/C16H23NO2/c1-15(2)13(16(15,3)4)14(19)17-12-7-5-11(6-8-12)9-10-18/h5-8,13,18H,9-10H2,1-4H3,(H,17,19). The third kappa shape index (κ3) is 2.39. The van der Waals surface area contributed by atoms with E-state index in [1.807, 2.05) is 24.3 Å². The van der Waals surface area contributed by atoms with Crippen molar-refractivity contribution in [1.29, 1.82) is 0 Å². The zero-order chi connectivity index (χ0) is 14.3. The largest absolute Gasteiger partial charge is 0.396 e. The Labute approximate surface area is 115 Å². The second-order valence-corrected chi connectivity index (χ2v) is 6.54. The summed E-state index contributed by atoms with van der Waals surface area (Å²) < 4.78 is 0. The summed E-state index contributed by atoms with van der Waals surface area (Å²) in [7, 11) is 0. The first-order chi connectivity index (χ1) is 8.80. The lowest BCUT2D eigenvalue weighted by Gasteiger charge is -2.07. The van der Waals surface area contributed by atoms with Crippen LogP contribution in [0.1, 0.15) is 33.3 Å². The Morgan fingerprint density at radius 1 is 1.16 bits per heavy atom. The Balaban J connectivity index is 2.01. The van der Waals surface area contributed by atoms with E-state index in [1.54, 1.807) is 0 Å². The van der Waals surface area contributed by atoms with Gasteiger partial charge in [-0.3, -0.25) is 4.79 Å². The average molecular weight is 261 g/mol. The second-order valence-electron chi connectivity index (χ2n) is 6.54. The molecule has 3 nitrogen and oxygen atoms in total. The molecule has 0 radical (unpaired) electrons. The smallest absolute Gasteiger partial charge is 0.228 e. The van der Waals surface area contributed by atoms with Crippen LogP contribution in [0.4, 0.5) is 5.69 Å². The molecule has 0 unspecified atom stereocenters. The summed E-state index contributed by atoms with van der Waals surface area (Å²) in [5, 5.41) is 11.8. The molecular formula is C16H23NO2. The average Bonchev–Trinajstić information content (AvgIpc) is 2.72. The van der Waals surface area contributed by atoms with Crippen molar-refractivity contribution in [3.05, 3.63) is 29.8 Å². The van der Waals surface area contributed by atoms with Gasteiger partial charge in [0.25, 0.3) is 0 Å². The molecule has 1 aliphatic carbocycles. The molecular weight excluding hydrogens is 238 g/mol. The summed E-state index contributed by atoms with van der Waals surface area (Å²) >= 11 is 0. The van der Waals surface area contributed by atoms with Crippen LogP contribution < -0.4 is 5.32 Å². The first kappa shape index (κ1) is 14.1. The summed E-state index contributed by atoms with van der Waals surface area (Å²) in [6, 6.07) is 7.67. The van der Waals surface area contributed by atoms with Crippen molar-refractivity contribution in [1.82, 2.24) is 0 Å². The van der Waals surface area contributed by atoms with E-state index in [9.17, 15) is 4.79 Å². The van der Waals surface area contributed by atoms with Gasteiger partial charge in [-0.2, -0.15) is 0 Å². The number of hydrogen-bond acceptors (Lipinski definition) is 2. The quantitative estimate of drug-likeness (QED) is 0.875. The molecule has 0 aliphatic heterocycles. The number of hydrogen-bond donors (Lipinski definition) is 2. The molecule has 104 valence electrons. The van der Waals surface area contributed by atoms with Crippen LogP contribution in [-0.4, -0.2) is 17.6 Å². The second kappa shape index (κ2) is 4.64. The summed E-state index contributed by atoms with van der Waals surface area (Å²) in [4.78, 5) is 12.3. The molecule has 1 aromatic rings. The van der Waals surface area contributed by atoms with Gasteiger partial charge < -0.3 is 10.4 Å². The van der Waals surface area contributed by atoms with Crippen LogP contribution in [-0.2, 0) is 11.2 Å². The fraction of sp³-hybridized carbons (Fsp3) is 0.562. The molecule has 1 saturated carbocycles. The van der Waals surface area contributed by atoms with Gasteiger partial charge in [-0.15, -0.1) is 0 Å². The lowest BCUT2D eigenvalue weighted by molar-refractivity contribution is -0.118. The lowest BCUT2D eigenvalue weighted by Crippen LogP contribution is -2.17. The summed E-state index contributed by atoms with van der Waals surface area (Å²) in [6.45, 7) is 8.71. The summed E-state index contributed by atoms with van der Waals surface area (Å²) in [5.74, 6) is 0.169. The third-order valence-corrected chi connectivity index (χ3v) is 4.90. The molecule has 1 fully saturated rings. The highest BCUT2D eigenvalue weighted by atomic mass is 16.2. The van der Waals surface area contributed by atoms with Gasteiger partial charge in [-0.25, -0.2) is 0 Å². The van der Waals surface area contributed by atoms with Gasteiger partial charge >= 0.3 is 0 Å². The van der Waals surface area contributed by atoms with Gasteiger partial charge in [-0.05, 0) is 34.9 Å². The minimum absolute atomic E-state index is 0.0634. The van der Waals surface area contributed by atoms with Gasteiger partial charge in [0.15, 0.2) is 0 Å². The van der Waals surface area contributed by atoms with E-state index in [1.165, 1.54) is 0 Å². The number of nitrogens with one attached hydrogen (secondary N) is 1. The number of carbonyl (C=O) groups excluding carboxylic acids is 1. The van der Waals surface area contributed by atoms with Gasteiger partial charge in [0.05, 0.1) is 0 Å². The van der Waals surface area contributed by atoms with Crippen molar-refractivity contribution < 1.29 is 9.90 Å². The molecule has 19 heavy (non-hydrogen) atoms. The van der Waals surface area contributed by atoms with Crippen molar-refractivity contribution in [3.63, 3.8) is 0 Å². The number of aliphatic hydroxyl groups is 1. The summed E-state index contributed by atoms with van der Waals surface area (Å²) in [6.07, 6.45) is 0.650. The van der Waals surface area contributed by atoms with Crippen LogP contribution >= 0.6 is 0 Å². The highest BCUT2D eigenvalue weighted by molar-refractivity contribution is 5.96. The Bertz CT molecular complexity index is 460. The van der Waals surface area contributed by atoms with Gasteiger partial charge in [0, 0.05) is 18.2 Å². The molecule has 0 heterocycles. The number of anilines is 1. The monoisotopic (exact) mass is 261 g/mol. The molecule has 2 N–H and O–H groups in total. The fourth-order valence-electron chi connectivity index (χ4n) is 2.95. The van der Waals surface area contributed by atoms with E-state index in [0.717, 1.165) is 11.3 Å². The molecule has 0 bridgehead atoms. The molecule has 1 aliphatic rings. The molecule has 0 saturated heterocycles. The normalized spacial score (nSPS) is 20.1. The van der Waals surface area contributed by atoms with Crippen molar-refractivity contribution in [2.24, 2.45) is 16.7 Å².